The van der Waals surface area contributed by atoms with Crippen LogP contribution in [-0.4, -0.2) is 22.2 Å². The molecule has 0 unspecified atom stereocenters. The molecule has 4 saturated carbocycles. The van der Waals surface area contributed by atoms with Gasteiger partial charge in [-0.2, -0.15) is 0 Å². The van der Waals surface area contributed by atoms with Gasteiger partial charge in [0, 0.05) is 11.1 Å². The van der Waals surface area contributed by atoms with Crippen LogP contribution in [0.3, 0.4) is 0 Å². The summed E-state index contributed by atoms with van der Waals surface area (Å²) in [4.78, 5) is 22.6. The molecule has 152 valence electrons. The average molecular weight is 400 g/mol. The fourth-order valence-corrected chi connectivity index (χ4v) is 6.47. The summed E-state index contributed by atoms with van der Waals surface area (Å²) in [5, 5.41) is 18.5. The van der Waals surface area contributed by atoms with Gasteiger partial charge < -0.3 is 10.2 Å². The average Bonchev–Trinajstić information content (AvgIpc) is 2.71. The van der Waals surface area contributed by atoms with Gasteiger partial charge >= 0.3 is 11.9 Å². The smallest absolute Gasteiger partial charge is 0.336 e. The van der Waals surface area contributed by atoms with E-state index in [-0.39, 0.29) is 11.1 Å². The first-order valence-electron chi connectivity index (χ1n) is 10.6. The number of carboxylic acid groups (broad SMARTS) is 2. The normalized spacial score (nSPS) is 28.6. The van der Waals surface area contributed by atoms with Crippen LogP contribution in [0.1, 0.15) is 75.9 Å². The Hall–Kier alpha value is -3.06. The predicted octanol–water partition coefficient (Wildman–Crippen LogP) is 4.95. The van der Waals surface area contributed by atoms with Crippen molar-refractivity contribution >= 4 is 11.9 Å². The van der Waals surface area contributed by atoms with Crippen LogP contribution in [0.25, 0.3) is 0 Å². The third kappa shape index (κ3) is 3.29. The van der Waals surface area contributed by atoms with Gasteiger partial charge in [-0.3, -0.25) is 0 Å². The highest BCUT2D eigenvalue weighted by Crippen LogP contribution is 2.60. The molecule has 2 N–H and O–H groups in total. The largest absolute Gasteiger partial charge is 0.478 e. The van der Waals surface area contributed by atoms with E-state index >= 15 is 0 Å². The van der Waals surface area contributed by atoms with Gasteiger partial charge in [0.15, 0.2) is 0 Å². The minimum atomic E-state index is -1.18. The minimum absolute atomic E-state index is 0.0575. The molecule has 2 aromatic carbocycles. The Morgan fingerprint density at radius 1 is 0.800 bits per heavy atom. The van der Waals surface area contributed by atoms with Crippen LogP contribution in [0.5, 0.6) is 0 Å². The van der Waals surface area contributed by atoms with Gasteiger partial charge in [0.25, 0.3) is 0 Å². The zero-order valence-corrected chi connectivity index (χ0v) is 16.7. The SMILES string of the molecule is O=C(O)c1ccc(C#Cc2ccc(C34CC5CC(CC(C5)C3)C4)cc2)c(C(=O)O)c1. The number of carbonyl (C=O) groups is 2. The molecule has 4 heteroatoms. The number of hydrogen-bond acceptors (Lipinski definition) is 2. The van der Waals surface area contributed by atoms with Gasteiger partial charge in [-0.15, -0.1) is 0 Å². The molecule has 0 aromatic heterocycles. The van der Waals surface area contributed by atoms with Gasteiger partial charge in [0.05, 0.1) is 11.1 Å². The number of carboxylic acids is 2. The maximum Gasteiger partial charge on any atom is 0.336 e. The highest BCUT2D eigenvalue weighted by Gasteiger charge is 2.51. The van der Waals surface area contributed by atoms with Crippen molar-refractivity contribution in [3.63, 3.8) is 0 Å². The van der Waals surface area contributed by atoms with E-state index in [0.717, 1.165) is 29.4 Å². The van der Waals surface area contributed by atoms with Crippen molar-refractivity contribution in [2.45, 2.75) is 43.9 Å². The lowest BCUT2D eigenvalue weighted by Crippen LogP contribution is -2.48. The molecule has 0 saturated heterocycles. The molecule has 0 atom stereocenters. The Labute approximate surface area is 175 Å². The molecular weight excluding hydrogens is 376 g/mol. The van der Waals surface area contributed by atoms with Gasteiger partial charge in [-0.05, 0) is 97.6 Å². The molecule has 2 aromatic rings. The second-order valence-electron chi connectivity index (χ2n) is 9.40. The number of hydrogen-bond donors (Lipinski definition) is 2. The first-order chi connectivity index (χ1) is 14.4. The topological polar surface area (TPSA) is 74.6 Å². The molecule has 0 spiro atoms. The van der Waals surface area contributed by atoms with Crippen LogP contribution in [0, 0.1) is 29.6 Å². The van der Waals surface area contributed by atoms with E-state index in [1.54, 1.807) is 0 Å². The fraction of sp³-hybridized carbons (Fsp3) is 0.385. The summed E-state index contributed by atoms with van der Waals surface area (Å²) in [5.41, 5.74) is 2.79. The van der Waals surface area contributed by atoms with Crippen molar-refractivity contribution in [2.75, 3.05) is 0 Å². The van der Waals surface area contributed by atoms with Crippen molar-refractivity contribution in [3.8, 4) is 11.8 Å². The Morgan fingerprint density at radius 3 is 1.93 bits per heavy atom. The number of benzene rings is 2. The first kappa shape index (κ1) is 18.9. The summed E-state index contributed by atoms with van der Waals surface area (Å²) in [6, 6.07) is 12.5. The van der Waals surface area contributed by atoms with Crippen molar-refractivity contribution in [3.05, 3.63) is 70.3 Å². The highest BCUT2D eigenvalue weighted by atomic mass is 16.4. The second-order valence-corrected chi connectivity index (χ2v) is 9.40. The van der Waals surface area contributed by atoms with Gasteiger partial charge in [-0.1, -0.05) is 24.0 Å². The molecule has 0 amide bonds. The Kier molecular flexibility index (Phi) is 4.43. The third-order valence-electron chi connectivity index (χ3n) is 7.37. The quantitative estimate of drug-likeness (QED) is 0.715. The van der Waals surface area contributed by atoms with E-state index in [1.165, 1.54) is 56.2 Å². The predicted molar refractivity (Wildman–Crippen MR) is 113 cm³/mol. The van der Waals surface area contributed by atoms with Crippen LogP contribution in [0.2, 0.25) is 0 Å². The molecule has 4 fully saturated rings. The highest BCUT2D eigenvalue weighted by molar-refractivity contribution is 5.95. The molecule has 6 rings (SSSR count). The molecule has 4 aliphatic rings. The van der Waals surface area contributed by atoms with Crippen LogP contribution >= 0.6 is 0 Å². The lowest BCUT2D eigenvalue weighted by Gasteiger charge is -2.57. The maximum atomic E-state index is 11.5. The van der Waals surface area contributed by atoms with Crippen LogP contribution in [-0.2, 0) is 5.41 Å². The van der Waals surface area contributed by atoms with E-state index in [4.69, 9.17) is 5.11 Å². The van der Waals surface area contributed by atoms with Gasteiger partial charge in [0.2, 0.25) is 0 Å². The summed E-state index contributed by atoms with van der Waals surface area (Å²) in [7, 11) is 0. The second kappa shape index (κ2) is 7.02. The number of aromatic carboxylic acids is 2. The summed E-state index contributed by atoms with van der Waals surface area (Å²) in [5.74, 6) is 6.32. The molecule has 4 aliphatic carbocycles. The van der Waals surface area contributed by atoms with E-state index in [0.29, 0.717) is 11.0 Å². The van der Waals surface area contributed by atoms with E-state index < -0.39 is 11.9 Å². The molecule has 30 heavy (non-hydrogen) atoms. The van der Waals surface area contributed by atoms with Gasteiger partial charge in [-0.25, -0.2) is 9.59 Å². The maximum absolute atomic E-state index is 11.5. The van der Waals surface area contributed by atoms with Crippen molar-refractivity contribution in [2.24, 2.45) is 17.8 Å². The van der Waals surface area contributed by atoms with Crippen molar-refractivity contribution < 1.29 is 19.8 Å². The van der Waals surface area contributed by atoms with Crippen LogP contribution < -0.4 is 0 Å². The van der Waals surface area contributed by atoms with E-state index in [2.05, 4.69) is 24.0 Å². The van der Waals surface area contributed by atoms with Crippen LogP contribution in [0.15, 0.2) is 42.5 Å². The molecule has 0 heterocycles. The van der Waals surface area contributed by atoms with E-state index in [9.17, 15) is 14.7 Å². The summed E-state index contributed by atoms with van der Waals surface area (Å²) < 4.78 is 0. The van der Waals surface area contributed by atoms with Crippen molar-refractivity contribution in [1.82, 2.24) is 0 Å². The summed E-state index contributed by atoms with van der Waals surface area (Å²) in [6.07, 6.45) is 8.24. The molecule has 4 nitrogen and oxygen atoms in total. The Morgan fingerprint density at radius 2 is 1.40 bits per heavy atom. The zero-order valence-electron chi connectivity index (χ0n) is 16.7. The monoisotopic (exact) mass is 400 g/mol. The van der Waals surface area contributed by atoms with Crippen LogP contribution in [0.4, 0.5) is 0 Å². The van der Waals surface area contributed by atoms with Crippen molar-refractivity contribution in [1.29, 1.82) is 0 Å². The standard InChI is InChI=1S/C26H24O4/c27-24(28)21-6-5-20(23(12-21)25(29)30)4-1-16-2-7-22(8-3-16)26-13-17-9-18(14-26)11-19(10-17)15-26/h2-3,5-8,12,17-19H,9-11,13-15H2,(H,27,28)(H,29,30). The lowest BCUT2D eigenvalue weighted by molar-refractivity contribution is -0.00519. The molecule has 0 aliphatic heterocycles. The zero-order chi connectivity index (χ0) is 20.9. The summed E-state index contributed by atoms with van der Waals surface area (Å²) in [6.45, 7) is 0. The number of rotatable bonds is 3. The molecule has 4 bridgehead atoms. The minimum Gasteiger partial charge on any atom is -0.478 e. The first-order valence-corrected chi connectivity index (χ1v) is 10.6. The lowest BCUT2D eigenvalue weighted by atomic mass is 9.48. The molecule has 0 radical (unpaired) electrons. The van der Waals surface area contributed by atoms with E-state index in [1.807, 2.05) is 12.1 Å². The summed E-state index contributed by atoms with van der Waals surface area (Å²) >= 11 is 0. The Bertz CT molecular complexity index is 1050. The third-order valence-corrected chi connectivity index (χ3v) is 7.37. The Balaban J connectivity index is 1.40. The van der Waals surface area contributed by atoms with Gasteiger partial charge in [0.1, 0.15) is 0 Å². The molecular formula is C26H24O4. The fourth-order valence-electron chi connectivity index (χ4n) is 6.47.